The Bertz CT molecular complexity index is 795. The van der Waals surface area contributed by atoms with Crippen LogP contribution in [0.4, 0.5) is 0 Å². The maximum atomic E-state index is 13.3. The minimum Gasteiger partial charge on any atom is -0.334 e. The molecule has 0 aliphatic carbocycles. The summed E-state index contributed by atoms with van der Waals surface area (Å²) in [6.07, 6.45) is 3.85. The van der Waals surface area contributed by atoms with Gasteiger partial charge < -0.3 is 9.80 Å². The third-order valence-corrected chi connectivity index (χ3v) is 6.77. The number of amides is 1. The molecule has 5 rings (SSSR count). The van der Waals surface area contributed by atoms with Crippen LogP contribution in [-0.4, -0.2) is 41.9 Å². The summed E-state index contributed by atoms with van der Waals surface area (Å²) in [5, 5.41) is 0. The van der Waals surface area contributed by atoms with Gasteiger partial charge in [-0.15, -0.1) is 0 Å². The van der Waals surface area contributed by atoms with Crippen molar-refractivity contribution in [3.63, 3.8) is 0 Å². The highest BCUT2D eigenvalue weighted by Crippen LogP contribution is 2.37. The highest BCUT2D eigenvalue weighted by atomic mass is 16.2. The molecule has 0 radical (unpaired) electrons. The molecule has 3 saturated heterocycles. The van der Waals surface area contributed by atoms with Crippen molar-refractivity contribution in [2.24, 2.45) is 11.8 Å². The van der Waals surface area contributed by atoms with E-state index in [-0.39, 0.29) is 5.91 Å². The monoisotopic (exact) mass is 364 g/mol. The Morgan fingerprint density at radius 3 is 2.52 bits per heavy atom. The van der Waals surface area contributed by atoms with E-state index in [0.29, 0.717) is 0 Å². The van der Waals surface area contributed by atoms with Crippen LogP contribution < -0.4 is 0 Å². The Morgan fingerprint density at radius 1 is 1.19 bits per heavy atom. The van der Waals surface area contributed by atoms with Gasteiger partial charge in [-0.1, -0.05) is 35.9 Å². The highest BCUT2D eigenvalue weighted by molar-refractivity contribution is 6.04. The summed E-state index contributed by atoms with van der Waals surface area (Å²) >= 11 is 0. The van der Waals surface area contributed by atoms with E-state index in [4.69, 9.17) is 0 Å². The molecule has 0 aromatic heterocycles. The Hall–Kier alpha value is -1.87. The molecule has 0 spiro atoms. The standard InChI is InChI=1S/C24H32N2O/c1-16(2)22(17(3)4)21-7-5-6-20-15-26(24(27)23(20)21)13-10-19-14-25-11-8-18(19)9-12-25/h5-7,18-19H,1,8-15H2,2-4H3. The molecule has 1 aromatic rings. The van der Waals surface area contributed by atoms with Crippen LogP contribution >= 0.6 is 0 Å². The summed E-state index contributed by atoms with van der Waals surface area (Å²) in [5.74, 6) is 1.86. The zero-order chi connectivity index (χ0) is 19.1. The van der Waals surface area contributed by atoms with Crippen LogP contribution in [-0.2, 0) is 6.54 Å². The molecular weight excluding hydrogens is 332 g/mol. The largest absolute Gasteiger partial charge is 0.334 e. The van der Waals surface area contributed by atoms with Crippen LogP contribution in [0.2, 0.25) is 0 Å². The number of carbonyl (C=O) groups is 1. The Morgan fingerprint density at radius 2 is 1.93 bits per heavy atom. The first-order valence-corrected chi connectivity index (χ1v) is 10.4. The van der Waals surface area contributed by atoms with Crippen LogP contribution in [0.15, 0.2) is 35.9 Å². The quantitative estimate of drug-likeness (QED) is 0.704. The Labute approximate surface area is 163 Å². The number of nitrogens with zero attached hydrogens (tertiary/aromatic N) is 2. The summed E-state index contributed by atoms with van der Waals surface area (Å²) < 4.78 is 0. The summed E-state index contributed by atoms with van der Waals surface area (Å²) in [6, 6.07) is 6.29. The zero-order valence-electron chi connectivity index (χ0n) is 17.1. The van der Waals surface area contributed by atoms with Gasteiger partial charge in [-0.25, -0.2) is 0 Å². The fraction of sp³-hybridized carbons (Fsp3) is 0.542. The van der Waals surface area contributed by atoms with Gasteiger partial charge in [-0.3, -0.25) is 4.79 Å². The number of rotatable bonds is 5. The van der Waals surface area contributed by atoms with Crippen molar-refractivity contribution in [3.05, 3.63) is 52.6 Å². The van der Waals surface area contributed by atoms with Crippen LogP contribution in [0.1, 0.15) is 61.5 Å². The second-order valence-corrected chi connectivity index (χ2v) is 8.91. The maximum Gasteiger partial charge on any atom is 0.255 e. The molecule has 1 amide bonds. The maximum absolute atomic E-state index is 13.3. The van der Waals surface area contributed by atoms with E-state index < -0.39 is 0 Å². The molecule has 3 fully saturated rings. The van der Waals surface area contributed by atoms with Gasteiger partial charge >= 0.3 is 0 Å². The lowest BCUT2D eigenvalue weighted by Gasteiger charge is -2.45. The van der Waals surface area contributed by atoms with Crippen molar-refractivity contribution in [2.45, 2.75) is 46.6 Å². The number of hydrogen-bond acceptors (Lipinski definition) is 2. The van der Waals surface area contributed by atoms with E-state index in [1.165, 1.54) is 43.6 Å². The molecule has 1 aromatic carbocycles. The fourth-order valence-electron chi connectivity index (χ4n) is 5.47. The second-order valence-electron chi connectivity index (χ2n) is 8.91. The first-order valence-electron chi connectivity index (χ1n) is 10.4. The number of allylic oxidation sites excluding steroid dienone is 3. The van der Waals surface area contributed by atoms with E-state index in [2.05, 4.69) is 48.4 Å². The van der Waals surface area contributed by atoms with E-state index in [1.54, 1.807) is 0 Å². The van der Waals surface area contributed by atoms with Gasteiger partial charge in [-0.2, -0.15) is 0 Å². The lowest BCUT2D eigenvalue weighted by atomic mass is 9.77. The summed E-state index contributed by atoms with van der Waals surface area (Å²) in [5.41, 5.74) is 6.53. The zero-order valence-corrected chi connectivity index (χ0v) is 17.1. The summed E-state index contributed by atoms with van der Waals surface area (Å²) in [6.45, 7) is 15.9. The fourth-order valence-corrected chi connectivity index (χ4v) is 5.47. The third kappa shape index (κ3) is 3.38. The van der Waals surface area contributed by atoms with Crippen molar-refractivity contribution >= 4 is 11.5 Å². The molecule has 2 bridgehead atoms. The van der Waals surface area contributed by atoms with Gasteiger partial charge in [0.15, 0.2) is 0 Å². The molecule has 3 heteroatoms. The predicted molar refractivity (Wildman–Crippen MR) is 112 cm³/mol. The van der Waals surface area contributed by atoms with E-state index in [1.807, 2.05) is 6.92 Å². The summed E-state index contributed by atoms with van der Waals surface area (Å²) in [7, 11) is 0. The lowest BCUT2D eigenvalue weighted by molar-refractivity contribution is 0.0395. The highest BCUT2D eigenvalue weighted by Gasteiger charge is 2.36. The first-order chi connectivity index (χ1) is 13.0. The molecule has 4 aliphatic heterocycles. The number of fused-ring (bicyclic) bond motifs is 4. The molecular formula is C24H32N2O. The summed E-state index contributed by atoms with van der Waals surface area (Å²) in [4.78, 5) is 17.9. The van der Waals surface area contributed by atoms with Gasteiger partial charge in [-0.05, 0) is 81.7 Å². The average molecular weight is 365 g/mol. The second kappa shape index (κ2) is 7.27. The molecule has 0 saturated carbocycles. The molecule has 4 heterocycles. The van der Waals surface area contributed by atoms with Gasteiger partial charge in [0.25, 0.3) is 5.91 Å². The van der Waals surface area contributed by atoms with E-state index in [9.17, 15) is 4.79 Å². The van der Waals surface area contributed by atoms with Crippen molar-refractivity contribution in [2.75, 3.05) is 26.2 Å². The van der Waals surface area contributed by atoms with Gasteiger partial charge in [0.2, 0.25) is 0 Å². The van der Waals surface area contributed by atoms with E-state index in [0.717, 1.165) is 53.6 Å². The molecule has 1 atom stereocenters. The van der Waals surface area contributed by atoms with Gasteiger partial charge in [0, 0.05) is 19.6 Å². The molecule has 3 nitrogen and oxygen atoms in total. The van der Waals surface area contributed by atoms with Crippen molar-refractivity contribution in [1.29, 1.82) is 0 Å². The van der Waals surface area contributed by atoms with Crippen LogP contribution in [0, 0.1) is 11.8 Å². The van der Waals surface area contributed by atoms with Crippen LogP contribution in [0.25, 0.3) is 5.57 Å². The van der Waals surface area contributed by atoms with Crippen molar-refractivity contribution in [3.8, 4) is 0 Å². The SMILES string of the molecule is C=C(C)C(=C(C)C)c1cccc2c1C(=O)N(CCC1CN3CCC1CC3)C2. The molecule has 27 heavy (non-hydrogen) atoms. The van der Waals surface area contributed by atoms with Crippen LogP contribution in [0.5, 0.6) is 0 Å². The van der Waals surface area contributed by atoms with Crippen molar-refractivity contribution in [1.82, 2.24) is 9.80 Å². The van der Waals surface area contributed by atoms with Gasteiger partial charge in [0.05, 0.1) is 5.56 Å². The number of hydrogen-bond donors (Lipinski definition) is 0. The molecule has 0 N–H and O–H groups in total. The number of piperidine rings is 3. The van der Waals surface area contributed by atoms with E-state index >= 15 is 0 Å². The molecule has 144 valence electrons. The minimum atomic E-state index is 0.210. The average Bonchev–Trinajstić information content (AvgIpc) is 2.97. The Balaban J connectivity index is 1.52. The predicted octanol–water partition coefficient (Wildman–Crippen LogP) is 4.74. The minimum absolute atomic E-state index is 0.210. The molecule has 1 unspecified atom stereocenters. The third-order valence-electron chi connectivity index (χ3n) is 6.77. The van der Waals surface area contributed by atoms with Crippen LogP contribution in [0.3, 0.4) is 0 Å². The van der Waals surface area contributed by atoms with Crippen molar-refractivity contribution < 1.29 is 4.79 Å². The number of carbonyl (C=O) groups excluding carboxylic acids is 1. The molecule has 4 aliphatic rings. The number of benzene rings is 1. The normalized spacial score (nSPS) is 26.3. The first kappa shape index (κ1) is 18.5. The lowest BCUT2D eigenvalue weighted by Crippen LogP contribution is -2.48. The smallest absolute Gasteiger partial charge is 0.255 e. The topological polar surface area (TPSA) is 23.6 Å². The Kier molecular flexibility index (Phi) is 4.98. The van der Waals surface area contributed by atoms with Gasteiger partial charge in [0.1, 0.15) is 0 Å².